The van der Waals surface area contributed by atoms with Crippen LogP contribution in [0.4, 0.5) is 0 Å². The molecule has 6 heteroatoms. The van der Waals surface area contributed by atoms with E-state index in [0.29, 0.717) is 37.0 Å². The first-order valence-electron chi connectivity index (χ1n) is 20.9. The van der Waals surface area contributed by atoms with Crippen molar-refractivity contribution in [2.24, 2.45) is 11.8 Å². The van der Waals surface area contributed by atoms with E-state index in [1.165, 1.54) is 77.3 Å². The van der Waals surface area contributed by atoms with E-state index in [1.54, 1.807) is 22.3 Å². The molecule has 4 heterocycles. The molecule has 9 rings (SSSR count). The molecule has 0 spiro atoms. The van der Waals surface area contributed by atoms with Gasteiger partial charge in [-0.05, 0) is 148 Å². The van der Waals surface area contributed by atoms with Crippen molar-refractivity contribution in [3.63, 3.8) is 0 Å². The summed E-state index contributed by atoms with van der Waals surface area (Å²) in [5, 5.41) is 6.72. The molecule has 2 amide bonds. The maximum atomic E-state index is 13.2. The zero-order valence-electron chi connectivity index (χ0n) is 31.0. The Morgan fingerprint density at radius 3 is 1.13 bits per heavy atom. The van der Waals surface area contributed by atoms with Crippen LogP contribution in [0.2, 0.25) is 0 Å². The molecule has 274 valence electrons. The lowest BCUT2D eigenvalue weighted by Crippen LogP contribution is -2.39. The van der Waals surface area contributed by atoms with Gasteiger partial charge in [-0.15, -0.1) is 0 Å². The fourth-order valence-electron chi connectivity index (χ4n) is 11.6. The van der Waals surface area contributed by atoms with Gasteiger partial charge in [0.05, 0.1) is 12.8 Å². The zero-order valence-corrected chi connectivity index (χ0v) is 31.0. The molecule has 0 radical (unpaired) electrons. The van der Waals surface area contributed by atoms with Gasteiger partial charge >= 0.3 is 0 Å². The van der Waals surface area contributed by atoms with Crippen molar-refractivity contribution in [1.82, 2.24) is 20.4 Å². The highest BCUT2D eigenvalue weighted by atomic mass is 16.2. The minimum absolute atomic E-state index is 0.0897. The van der Waals surface area contributed by atoms with E-state index in [-0.39, 0.29) is 23.9 Å². The third-order valence-electron chi connectivity index (χ3n) is 14.3. The fourth-order valence-corrected chi connectivity index (χ4v) is 11.6. The molecular weight excluding hydrogens is 641 g/mol. The first-order valence-corrected chi connectivity index (χ1v) is 20.9. The van der Waals surface area contributed by atoms with Crippen LogP contribution in [0.25, 0.3) is 0 Å². The normalized spacial score (nSPS) is 30.6. The Labute approximate surface area is 311 Å². The van der Waals surface area contributed by atoms with Crippen molar-refractivity contribution in [2.75, 3.05) is 13.1 Å². The number of hydrogen-bond donors (Lipinski definition) is 2. The van der Waals surface area contributed by atoms with Gasteiger partial charge in [0, 0.05) is 36.3 Å². The highest BCUT2D eigenvalue weighted by molar-refractivity contribution is 5.82. The number of nitrogens with zero attached hydrogens (tertiary/aromatic N) is 2. The van der Waals surface area contributed by atoms with Crippen LogP contribution in [0.5, 0.6) is 0 Å². The Morgan fingerprint density at radius 2 is 0.788 bits per heavy atom. The molecule has 3 aromatic carbocycles. The number of amides is 2. The summed E-state index contributed by atoms with van der Waals surface area (Å²) in [6.07, 6.45) is 17.6. The average Bonchev–Trinajstić information content (AvgIpc) is 3.93. The van der Waals surface area contributed by atoms with Gasteiger partial charge in [-0.25, -0.2) is 0 Å². The van der Waals surface area contributed by atoms with Gasteiger partial charge in [-0.2, -0.15) is 0 Å². The summed E-state index contributed by atoms with van der Waals surface area (Å²) in [6, 6.07) is 29.3. The molecule has 2 aliphatic carbocycles. The predicted octanol–water partition coefficient (Wildman–Crippen LogP) is 8.69. The molecule has 52 heavy (non-hydrogen) atoms. The van der Waals surface area contributed by atoms with E-state index < -0.39 is 0 Å². The number of fused-ring (bicyclic) bond motifs is 10. The van der Waals surface area contributed by atoms with Crippen LogP contribution in [-0.2, 0) is 22.4 Å². The standard InChI is InChI=1S/C46H58N4O2/c51-45(47-35-17-13-31(14-18-35)25-27-49-41-21-22-42(49)38-10-4-3-9-37(38)41)29-33-7-1-2-8-34(33)30-46(52)48-36-19-15-32(16-20-36)26-28-50-43-23-24-44(50)40-12-6-5-11-39(40)43/h1-12,31-32,35-36,41-44H,13-30H2,(H,47,51)(H,48,52)/t31-,32-,35-,36-,41-,42+,43-,44+. The lowest BCUT2D eigenvalue weighted by atomic mass is 9.83. The topological polar surface area (TPSA) is 64.7 Å². The Hall–Kier alpha value is -3.48. The van der Waals surface area contributed by atoms with Crippen LogP contribution < -0.4 is 10.6 Å². The van der Waals surface area contributed by atoms with Crippen LogP contribution in [0, 0.1) is 11.8 Å². The van der Waals surface area contributed by atoms with E-state index in [1.807, 2.05) is 24.3 Å². The van der Waals surface area contributed by atoms with Gasteiger partial charge in [-0.1, -0.05) is 72.8 Å². The summed E-state index contributed by atoms with van der Waals surface area (Å²) in [7, 11) is 0. The smallest absolute Gasteiger partial charge is 0.224 e. The fraction of sp³-hybridized carbons (Fsp3) is 0.565. The summed E-state index contributed by atoms with van der Waals surface area (Å²) < 4.78 is 0. The summed E-state index contributed by atoms with van der Waals surface area (Å²) in [6.45, 7) is 2.40. The molecule has 4 aliphatic heterocycles. The van der Waals surface area contributed by atoms with Gasteiger partial charge in [0.25, 0.3) is 0 Å². The molecule has 4 atom stereocenters. The van der Waals surface area contributed by atoms with Gasteiger partial charge in [0.15, 0.2) is 0 Å². The third-order valence-corrected chi connectivity index (χ3v) is 14.3. The van der Waals surface area contributed by atoms with Crippen LogP contribution >= 0.6 is 0 Å². The number of carbonyl (C=O) groups is 2. The van der Waals surface area contributed by atoms with Crippen molar-refractivity contribution in [3.8, 4) is 0 Å². The van der Waals surface area contributed by atoms with E-state index in [9.17, 15) is 9.59 Å². The molecule has 3 aromatic rings. The molecule has 4 bridgehead atoms. The summed E-state index contributed by atoms with van der Waals surface area (Å²) >= 11 is 0. The van der Waals surface area contributed by atoms with Crippen LogP contribution in [0.3, 0.4) is 0 Å². The molecule has 6 nitrogen and oxygen atoms in total. The van der Waals surface area contributed by atoms with Crippen molar-refractivity contribution < 1.29 is 9.59 Å². The Kier molecular flexibility index (Phi) is 9.96. The maximum Gasteiger partial charge on any atom is 0.224 e. The quantitative estimate of drug-likeness (QED) is 0.199. The number of hydrogen-bond acceptors (Lipinski definition) is 4. The van der Waals surface area contributed by atoms with Gasteiger partial charge in [0.1, 0.15) is 0 Å². The number of carbonyl (C=O) groups excluding carboxylic acids is 2. The van der Waals surface area contributed by atoms with E-state index >= 15 is 0 Å². The monoisotopic (exact) mass is 698 g/mol. The van der Waals surface area contributed by atoms with Gasteiger partial charge in [-0.3, -0.25) is 19.4 Å². The van der Waals surface area contributed by atoms with Crippen LogP contribution in [-0.4, -0.2) is 46.8 Å². The second-order valence-electron chi connectivity index (χ2n) is 17.2. The Morgan fingerprint density at radius 1 is 0.462 bits per heavy atom. The van der Waals surface area contributed by atoms with E-state index in [0.717, 1.165) is 48.6 Å². The minimum atomic E-state index is 0.0897. The third kappa shape index (κ3) is 6.98. The summed E-state index contributed by atoms with van der Waals surface area (Å²) in [5.41, 5.74) is 8.26. The number of rotatable bonds is 12. The first-order chi connectivity index (χ1) is 25.6. The van der Waals surface area contributed by atoms with Crippen molar-refractivity contribution in [1.29, 1.82) is 0 Å². The van der Waals surface area contributed by atoms with Gasteiger partial charge in [0.2, 0.25) is 11.8 Å². The Bertz CT molecular complexity index is 1550. The van der Waals surface area contributed by atoms with E-state index in [2.05, 4.69) is 69.0 Å². The highest BCUT2D eigenvalue weighted by Crippen LogP contribution is 2.54. The number of benzene rings is 3. The molecule has 2 saturated heterocycles. The molecule has 4 fully saturated rings. The molecule has 2 saturated carbocycles. The minimum Gasteiger partial charge on any atom is -0.353 e. The second-order valence-corrected chi connectivity index (χ2v) is 17.2. The van der Waals surface area contributed by atoms with Crippen molar-refractivity contribution >= 4 is 11.8 Å². The summed E-state index contributed by atoms with van der Waals surface area (Å²) in [5.74, 6) is 1.70. The first kappa shape index (κ1) is 34.3. The molecule has 2 N–H and O–H groups in total. The molecule has 0 unspecified atom stereocenters. The van der Waals surface area contributed by atoms with Crippen molar-refractivity contribution in [2.45, 2.75) is 139 Å². The van der Waals surface area contributed by atoms with Crippen molar-refractivity contribution in [3.05, 3.63) is 106 Å². The maximum absolute atomic E-state index is 13.2. The van der Waals surface area contributed by atoms with Gasteiger partial charge < -0.3 is 10.6 Å². The Balaban J connectivity index is 0.681. The SMILES string of the molecule is O=C(Cc1ccccc1CC(=O)N[C@H]1CC[C@H](CCN2[C@@H]3CC[C@H]2c2ccccc23)CC1)N[C@H]1CC[C@H](CCN2[C@@H]3CC[C@H]2c2ccccc23)CC1. The lowest BCUT2D eigenvalue weighted by molar-refractivity contribution is -0.122. The largest absolute Gasteiger partial charge is 0.353 e. The molecular formula is C46H58N4O2. The average molecular weight is 699 g/mol. The molecule has 6 aliphatic rings. The van der Waals surface area contributed by atoms with E-state index in [4.69, 9.17) is 0 Å². The number of nitrogens with one attached hydrogen (secondary N) is 2. The lowest BCUT2D eigenvalue weighted by Gasteiger charge is -2.31. The predicted molar refractivity (Wildman–Crippen MR) is 207 cm³/mol. The summed E-state index contributed by atoms with van der Waals surface area (Å²) in [4.78, 5) is 32.0. The zero-order chi connectivity index (χ0) is 35.0. The second kappa shape index (κ2) is 15.1. The van der Waals surface area contributed by atoms with Crippen LogP contribution in [0.1, 0.15) is 147 Å². The molecule has 0 aromatic heterocycles. The highest BCUT2D eigenvalue weighted by Gasteiger charge is 2.44. The van der Waals surface area contributed by atoms with Crippen LogP contribution in [0.15, 0.2) is 72.8 Å².